The number of nitrogens with two attached hydrogens (primary N) is 1. The summed E-state index contributed by atoms with van der Waals surface area (Å²) < 4.78 is 0. The van der Waals surface area contributed by atoms with Gasteiger partial charge in [-0.05, 0) is 25.7 Å². The molecule has 0 aromatic heterocycles. The molecule has 3 heteroatoms. The van der Waals surface area contributed by atoms with Crippen molar-refractivity contribution in [2.45, 2.75) is 51.5 Å². The van der Waals surface area contributed by atoms with Crippen molar-refractivity contribution in [3.05, 3.63) is 23.8 Å². The predicted molar refractivity (Wildman–Crippen MR) is 71.6 cm³/mol. The van der Waals surface area contributed by atoms with E-state index in [9.17, 15) is 4.79 Å². The summed E-state index contributed by atoms with van der Waals surface area (Å²) in [5.41, 5.74) is 7.96. The average molecular weight is 236 g/mol. The van der Waals surface area contributed by atoms with Crippen LogP contribution >= 0.6 is 0 Å². The number of carbonyl (C=O) groups excluding carboxylic acids is 1. The molecular formula is C14H24N2O. The second kappa shape index (κ2) is 7.28. The van der Waals surface area contributed by atoms with Crippen molar-refractivity contribution in [2.24, 2.45) is 5.73 Å². The van der Waals surface area contributed by atoms with Crippen LogP contribution in [0.15, 0.2) is 23.8 Å². The number of hydrogen-bond donors (Lipinski definition) is 2. The molecule has 0 saturated carbocycles. The number of unbranched alkanes of at least 4 members (excludes halogenated alkanes) is 2. The molecule has 0 saturated heterocycles. The minimum Gasteiger partial charge on any atom is -0.352 e. The van der Waals surface area contributed by atoms with Crippen LogP contribution < -0.4 is 11.1 Å². The largest absolute Gasteiger partial charge is 0.352 e. The standard InChI is InChI=1S/C14H24N2O/c1-3-5-6-8-11-9-7-10-16-14(17)13(11)12(15)4-2/h4,12H,2-3,5-10,15H2,1H3,(H,16,17). The van der Waals surface area contributed by atoms with Crippen molar-refractivity contribution in [1.82, 2.24) is 5.32 Å². The van der Waals surface area contributed by atoms with Gasteiger partial charge < -0.3 is 11.1 Å². The summed E-state index contributed by atoms with van der Waals surface area (Å²) in [6.45, 7) is 6.63. The van der Waals surface area contributed by atoms with Gasteiger partial charge in [0.15, 0.2) is 0 Å². The molecule has 0 aromatic carbocycles. The molecule has 1 aliphatic heterocycles. The monoisotopic (exact) mass is 236 g/mol. The molecule has 1 amide bonds. The Kier molecular flexibility index (Phi) is 5.98. The van der Waals surface area contributed by atoms with Gasteiger partial charge in [-0.3, -0.25) is 4.79 Å². The average Bonchev–Trinajstić information content (AvgIpc) is 2.51. The summed E-state index contributed by atoms with van der Waals surface area (Å²) in [5.74, 6) is 0.00129. The van der Waals surface area contributed by atoms with Crippen molar-refractivity contribution in [2.75, 3.05) is 6.54 Å². The van der Waals surface area contributed by atoms with Crippen LogP contribution in [0.4, 0.5) is 0 Å². The van der Waals surface area contributed by atoms with Crippen molar-refractivity contribution in [3.8, 4) is 0 Å². The summed E-state index contributed by atoms with van der Waals surface area (Å²) >= 11 is 0. The molecule has 3 nitrogen and oxygen atoms in total. The van der Waals surface area contributed by atoms with E-state index in [0.29, 0.717) is 0 Å². The Bertz CT molecular complexity index is 307. The second-order valence-corrected chi connectivity index (χ2v) is 4.60. The number of carbonyl (C=O) groups is 1. The van der Waals surface area contributed by atoms with Gasteiger partial charge in [0, 0.05) is 12.1 Å². The first-order valence-electron chi connectivity index (χ1n) is 6.59. The third-order valence-electron chi connectivity index (χ3n) is 3.24. The van der Waals surface area contributed by atoms with E-state index >= 15 is 0 Å². The molecule has 0 aromatic rings. The molecule has 0 spiro atoms. The van der Waals surface area contributed by atoms with E-state index in [2.05, 4.69) is 18.8 Å². The highest BCUT2D eigenvalue weighted by molar-refractivity contribution is 5.96. The SMILES string of the molecule is C=CC(N)C1=C(CCCCC)CCCNC1=O. The van der Waals surface area contributed by atoms with Crippen LogP contribution in [0.25, 0.3) is 0 Å². The van der Waals surface area contributed by atoms with Gasteiger partial charge in [0.05, 0.1) is 6.04 Å². The Labute approximate surface area is 104 Å². The number of hydrogen-bond acceptors (Lipinski definition) is 2. The smallest absolute Gasteiger partial charge is 0.249 e. The molecule has 96 valence electrons. The van der Waals surface area contributed by atoms with Crippen LogP contribution in [0.1, 0.15) is 45.4 Å². The molecule has 1 heterocycles. The van der Waals surface area contributed by atoms with Gasteiger partial charge in [0.2, 0.25) is 5.91 Å². The lowest BCUT2D eigenvalue weighted by Crippen LogP contribution is -2.33. The summed E-state index contributed by atoms with van der Waals surface area (Å²) in [6.07, 6.45) is 8.20. The summed E-state index contributed by atoms with van der Waals surface area (Å²) in [5, 5.41) is 2.91. The lowest BCUT2D eigenvalue weighted by Gasteiger charge is -2.15. The molecule has 0 bridgehead atoms. The number of rotatable bonds is 6. The first kappa shape index (κ1) is 14.0. The summed E-state index contributed by atoms with van der Waals surface area (Å²) in [4.78, 5) is 12.0. The first-order chi connectivity index (χ1) is 8.20. The topological polar surface area (TPSA) is 55.1 Å². The fraction of sp³-hybridized carbons (Fsp3) is 0.643. The number of allylic oxidation sites excluding steroid dienone is 1. The molecule has 0 aliphatic carbocycles. The summed E-state index contributed by atoms with van der Waals surface area (Å²) in [7, 11) is 0. The highest BCUT2D eigenvalue weighted by Gasteiger charge is 2.21. The Hall–Kier alpha value is -1.09. The van der Waals surface area contributed by atoms with Crippen LogP contribution in [0.2, 0.25) is 0 Å². The van der Waals surface area contributed by atoms with Crippen molar-refractivity contribution in [1.29, 1.82) is 0 Å². The van der Waals surface area contributed by atoms with E-state index in [1.807, 2.05) is 0 Å². The van der Waals surface area contributed by atoms with Gasteiger partial charge in [-0.15, -0.1) is 6.58 Å². The molecule has 3 N–H and O–H groups in total. The zero-order valence-corrected chi connectivity index (χ0v) is 10.8. The third-order valence-corrected chi connectivity index (χ3v) is 3.24. The van der Waals surface area contributed by atoms with Gasteiger partial charge >= 0.3 is 0 Å². The van der Waals surface area contributed by atoms with E-state index in [-0.39, 0.29) is 11.9 Å². The quantitative estimate of drug-likeness (QED) is 0.549. The van der Waals surface area contributed by atoms with Gasteiger partial charge in [0.25, 0.3) is 0 Å². The van der Waals surface area contributed by atoms with Gasteiger partial charge in [-0.25, -0.2) is 0 Å². The molecule has 0 fully saturated rings. The number of nitrogens with one attached hydrogen (secondary N) is 1. The van der Waals surface area contributed by atoms with Crippen molar-refractivity contribution in [3.63, 3.8) is 0 Å². The van der Waals surface area contributed by atoms with E-state index in [4.69, 9.17) is 5.73 Å². The van der Waals surface area contributed by atoms with E-state index < -0.39 is 0 Å². The minimum absolute atomic E-state index is 0.00129. The Balaban J connectivity index is 2.85. The van der Waals surface area contributed by atoms with E-state index in [0.717, 1.165) is 37.8 Å². The molecule has 1 rings (SSSR count). The maximum Gasteiger partial charge on any atom is 0.249 e. The maximum absolute atomic E-state index is 12.0. The van der Waals surface area contributed by atoms with E-state index in [1.54, 1.807) is 6.08 Å². The van der Waals surface area contributed by atoms with Crippen molar-refractivity contribution < 1.29 is 4.79 Å². The fourth-order valence-corrected chi connectivity index (χ4v) is 2.25. The molecule has 17 heavy (non-hydrogen) atoms. The van der Waals surface area contributed by atoms with Crippen LogP contribution in [-0.4, -0.2) is 18.5 Å². The highest BCUT2D eigenvalue weighted by Crippen LogP contribution is 2.23. The Morgan fingerprint density at radius 3 is 2.94 bits per heavy atom. The maximum atomic E-state index is 12.0. The van der Waals surface area contributed by atoms with Gasteiger partial charge in [0.1, 0.15) is 0 Å². The zero-order valence-electron chi connectivity index (χ0n) is 10.8. The van der Waals surface area contributed by atoms with Crippen LogP contribution in [0.3, 0.4) is 0 Å². The van der Waals surface area contributed by atoms with Crippen LogP contribution in [0, 0.1) is 0 Å². The lowest BCUT2D eigenvalue weighted by molar-refractivity contribution is -0.117. The molecule has 0 radical (unpaired) electrons. The van der Waals surface area contributed by atoms with Crippen LogP contribution in [-0.2, 0) is 4.79 Å². The predicted octanol–water partition coefficient (Wildman–Crippen LogP) is 2.29. The van der Waals surface area contributed by atoms with Gasteiger partial charge in [-0.2, -0.15) is 0 Å². The zero-order chi connectivity index (χ0) is 12.7. The minimum atomic E-state index is -0.329. The lowest BCUT2D eigenvalue weighted by atomic mass is 9.94. The number of amides is 1. The molecule has 1 unspecified atom stereocenters. The van der Waals surface area contributed by atoms with Gasteiger partial charge in [-0.1, -0.05) is 31.4 Å². The normalized spacial score (nSPS) is 18.6. The first-order valence-corrected chi connectivity index (χ1v) is 6.59. The highest BCUT2D eigenvalue weighted by atomic mass is 16.1. The Morgan fingerprint density at radius 1 is 1.53 bits per heavy atom. The Morgan fingerprint density at radius 2 is 2.29 bits per heavy atom. The second-order valence-electron chi connectivity index (χ2n) is 4.60. The fourth-order valence-electron chi connectivity index (χ4n) is 2.25. The summed E-state index contributed by atoms with van der Waals surface area (Å²) in [6, 6.07) is -0.329. The molecule has 1 aliphatic rings. The van der Waals surface area contributed by atoms with E-state index in [1.165, 1.54) is 18.4 Å². The van der Waals surface area contributed by atoms with Crippen molar-refractivity contribution >= 4 is 5.91 Å². The molecular weight excluding hydrogens is 212 g/mol. The van der Waals surface area contributed by atoms with Crippen LogP contribution in [0.5, 0.6) is 0 Å². The third kappa shape index (κ3) is 4.00. The molecule has 1 atom stereocenters.